The molecule has 0 aromatic heterocycles. The molecule has 0 spiro atoms. The summed E-state index contributed by atoms with van der Waals surface area (Å²) >= 11 is 0. The predicted molar refractivity (Wildman–Crippen MR) is 92.0 cm³/mol. The summed E-state index contributed by atoms with van der Waals surface area (Å²) in [7, 11) is -0.497. The van der Waals surface area contributed by atoms with Crippen LogP contribution in [0.25, 0.3) is 0 Å². The van der Waals surface area contributed by atoms with E-state index in [2.05, 4.69) is 27.2 Å². The lowest BCUT2D eigenvalue weighted by Gasteiger charge is -2.15. The SMILES string of the molecule is CCCCCCCCCCCC[P+](C)(C)CC.[Br-].[Br-].[NH4+]. The largest absolute Gasteiger partial charge is 1.00 e. The monoisotopic (exact) mass is 435 g/mol. The lowest BCUT2D eigenvalue weighted by molar-refractivity contribution is -0.001000. The van der Waals surface area contributed by atoms with Gasteiger partial charge < -0.3 is 40.1 Å². The molecule has 0 aromatic rings. The third-order valence-electron chi connectivity index (χ3n) is 3.97. The van der Waals surface area contributed by atoms with Crippen LogP contribution in [0.1, 0.15) is 78.1 Å². The minimum Gasteiger partial charge on any atom is -1.00 e. The van der Waals surface area contributed by atoms with Crippen molar-refractivity contribution in [2.75, 3.05) is 25.7 Å². The maximum Gasteiger partial charge on any atom is 0.0588 e. The molecule has 0 saturated carbocycles. The van der Waals surface area contributed by atoms with E-state index in [-0.39, 0.29) is 40.1 Å². The van der Waals surface area contributed by atoms with Gasteiger partial charge in [-0.05, 0) is 19.8 Å². The molecule has 0 aliphatic heterocycles. The van der Waals surface area contributed by atoms with E-state index in [0.717, 1.165) is 0 Å². The highest BCUT2D eigenvalue weighted by Crippen LogP contribution is 2.51. The van der Waals surface area contributed by atoms with Crippen molar-refractivity contribution in [3.8, 4) is 0 Å². The van der Waals surface area contributed by atoms with Gasteiger partial charge in [-0.3, -0.25) is 0 Å². The second-order valence-corrected chi connectivity index (χ2v) is 11.1. The number of unbranched alkanes of at least 4 members (excludes halogenated alkanes) is 9. The molecule has 0 amide bonds. The van der Waals surface area contributed by atoms with Crippen LogP contribution in [-0.4, -0.2) is 25.7 Å². The van der Waals surface area contributed by atoms with Crippen molar-refractivity contribution in [2.45, 2.75) is 78.1 Å². The average Bonchev–Trinajstić information content (AvgIpc) is 2.31. The Kier molecular flexibility index (Phi) is 29.9. The second-order valence-electron chi connectivity index (χ2n) is 6.16. The molecular formula is C16H40Br2NP. The molecule has 0 fully saturated rings. The third kappa shape index (κ3) is 21.6. The zero-order valence-corrected chi connectivity index (χ0v) is 18.8. The summed E-state index contributed by atoms with van der Waals surface area (Å²) < 4.78 is 0. The van der Waals surface area contributed by atoms with Gasteiger partial charge in [0.2, 0.25) is 0 Å². The molecule has 0 aliphatic carbocycles. The minimum atomic E-state index is -0.497. The van der Waals surface area contributed by atoms with E-state index < -0.39 is 7.26 Å². The van der Waals surface area contributed by atoms with E-state index in [9.17, 15) is 0 Å². The van der Waals surface area contributed by atoms with Gasteiger partial charge in [-0.1, -0.05) is 58.3 Å². The first-order valence-electron chi connectivity index (χ1n) is 7.94. The van der Waals surface area contributed by atoms with Crippen molar-refractivity contribution >= 4 is 7.26 Å². The quantitative estimate of drug-likeness (QED) is 0.343. The van der Waals surface area contributed by atoms with Crippen LogP contribution in [0.4, 0.5) is 0 Å². The summed E-state index contributed by atoms with van der Waals surface area (Å²) in [6.45, 7) is 9.69. The molecule has 0 rings (SSSR count). The van der Waals surface area contributed by atoms with Gasteiger partial charge in [0.05, 0.1) is 12.3 Å². The van der Waals surface area contributed by atoms with E-state index in [1.165, 1.54) is 76.5 Å². The van der Waals surface area contributed by atoms with Crippen molar-refractivity contribution in [3.63, 3.8) is 0 Å². The normalized spacial score (nSPS) is 10.2. The van der Waals surface area contributed by atoms with Gasteiger partial charge in [-0.25, -0.2) is 0 Å². The average molecular weight is 437 g/mol. The van der Waals surface area contributed by atoms with Gasteiger partial charge in [0.1, 0.15) is 0 Å². The van der Waals surface area contributed by atoms with Gasteiger partial charge in [-0.2, -0.15) is 0 Å². The molecule has 0 radical (unpaired) electrons. The Morgan fingerprint density at radius 1 is 0.600 bits per heavy atom. The molecule has 1 nitrogen and oxygen atoms in total. The highest BCUT2D eigenvalue weighted by Gasteiger charge is 2.20. The van der Waals surface area contributed by atoms with Gasteiger partial charge in [0, 0.05) is 20.6 Å². The molecule has 0 aromatic carbocycles. The summed E-state index contributed by atoms with van der Waals surface area (Å²) in [6, 6.07) is 0. The topological polar surface area (TPSA) is 36.5 Å². The van der Waals surface area contributed by atoms with Crippen LogP contribution >= 0.6 is 7.26 Å². The highest BCUT2D eigenvalue weighted by atomic mass is 79.9. The van der Waals surface area contributed by atoms with E-state index in [0.29, 0.717) is 0 Å². The Morgan fingerprint density at radius 3 is 1.30 bits per heavy atom. The fraction of sp³-hybridized carbons (Fsp3) is 1.00. The first-order valence-corrected chi connectivity index (χ1v) is 11.0. The molecule has 0 aliphatic rings. The van der Waals surface area contributed by atoms with Gasteiger partial charge in [0.25, 0.3) is 0 Å². The summed E-state index contributed by atoms with van der Waals surface area (Å²) in [5.41, 5.74) is 0. The lowest BCUT2D eigenvalue weighted by atomic mass is 10.1. The molecule has 0 unspecified atom stereocenters. The molecule has 0 atom stereocenters. The van der Waals surface area contributed by atoms with Crippen LogP contribution in [-0.2, 0) is 0 Å². The Hall–Kier alpha value is 1.35. The number of quaternary nitrogens is 1. The standard InChI is InChI=1S/C16H36P.2BrH.H3N/c1-5-7-8-9-10-11-12-13-14-15-16-17(3,4)6-2;;;/h5-16H2,1-4H3;2*1H;1H3/q+1;;;/p-1. The first-order chi connectivity index (χ1) is 8.12. The Morgan fingerprint density at radius 2 is 0.950 bits per heavy atom. The maximum absolute atomic E-state index is 2.51. The van der Waals surface area contributed by atoms with Crippen molar-refractivity contribution in [1.82, 2.24) is 6.15 Å². The Balaban J connectivity index is -0.000000427. The van der Waals surface area contributed by atoms with E-state index in [1.54, 1.807) is 0 Å². The van der Waals surface area contributed by atoms with E-state index in [4.69, 9.17) is 0 Å². The number of halogens is 2. The molecule has 0 saturated heterocycles. The molecule has 0 heterocycles. The molecule has 20 heavy (non-hydrogen) atoms. The van der Waals surface area contributed by atoms with E-state index in [1.807, 2.05) is 0 Å². The first kappa shape index (κ1) is 29.4. The van der Waals surface area contributed by atoms with Crippen molar-refractivity contribution in [1.29, 1.82) is 0 Å². The summed E-state index contributed by atoms with van der Waals surface area (Å²) in [4.78, 5) is 0. The van der Waals surface area contributed by atoms with Crippen LogP contribution in [0.5, 0.6) is 0 Å². The fourth-order valence-corrected chi connectivity index (χ4v) is 3.58. The minimum absolute atomic E-state index is 0. The predicted octanol–water partition coefficient (Wildman–Crippen LogP) is 0.589. The molecule has 0 bridgehead atoms. The van der Waals surface area contributed by atoms with Crippen LogP contribution in [0.3, 0.4) is 0 Å². The summed E-state index contributed by atoms with van der Waals surface area (Å²) in [6.07, 6.45) is 17.6. The Labute approximate surface area is 150 Å². The smallest absolute Gasteiger partial charge is 0.0588 e. The number of rotatable bonds is 12. The van der Waals surface area contributed by atoms with Crippen molar-refractivity contribution in [3.05, 3.63) is 0 Å². The number of hydrogen-bond donors (Lipinski definition) is 1. The highest BCUT2D eigenvalue weighted by molar-refractivity contribution is 7.74. The zero-order valence-electron chi connectivity index (χ0n) is 14.7. The van der Waals surface area contributed by atoms with Gasteiger partial charge in [0.15, 0.2) is 0 Å². The molecular weight excluding hydrogens is 397 g/mol. The molecule has 4 N–H and O–H groups in total. The number of hydrogen-bond acceptors (Lipinski definition) is 0. The molecule has 4 heteroatoms. The van der Waals surface area contributed by atoms with Crippen LogP contribution < -0.4 is 40.1 Å². The zero-order chi connectivity index (χ0) is 13.0. The molecule has 128 valence electrons. The fourth-order valence-electron chi connectivity index (χ4n) is 2.19. The van der Waals surface area contributed by atoms with Gasteiger partial charge >= 0.3 is 0 Å². The maximum atomic E-state index is 2.51. The summed E-state index contributed by atoms with van der Waals surface area (Å²) in [5, 5.41) is 0. The van der Waals surface area contributed by atoms with Crippen molar-refractivity contribution < 1.29 is 34.0 Å². The van der Waals surface area contributed by atoms with Crippen LogP contribution in [0.2, 0.25) is 0 Å². The van der Waals surface area contributed by atoms with E-state index >= 15 is 0 Å². The van der Waals surface area contributed by atoms with Crippen LogP contribution in [0, 0.1) is 0 Å². The summed E-state index contributed by atoms with van der Waals surface area (Å²) in [5.74, 6) is 0. The van der Waals surface area contributed by atoms with Crippen molar-refractivity contribution in [2.24, 2.45) is 0 Å². The van der Waals surface area contributed by atoms with Crippen LogP contribution in [0.15, 0.2) is 0 Å². The van der Waals surface area contributed by atoms with Gasteiger partial charge in [-0.15, -0.1) is 0 Å². The third-order valence-corrected chi connectivity index (χ3v) is 7.21. The second kappa shape index (κ2) is 20.3. The lowest BCUT2D eigenvalue weighted by Crippen LogP contribution is -3.00. The Bertz CT molecular complexity index is 167.